The van der Waals surface area contributed by atoms with Crippen molar-refractivity contribution in [2.24, 2.45) is 0 Å². The fraction of sp³-hybridized carbons (Fsp3) is 0.333. The second kappa shape index (κ2) is 8.92. The van der Waals surface area contributed by atoms with Crippen LogP contribution in [0.1, 0.15) is 50.0 Å². The van der Waals surface area contributed by atoms with Gasteiger partial charge in [0.2, 0.25) is 0 Å². The molecular formula is C24H24N2O6. The van der Waals surface area contributed by atoms with Gasteiger partial charge in [0.25, 0.3) is 17.7 Å². The average Bonchev–Trinajstić information content (AvgIpc) is 3.33. The van der Waals surface area contributed by atoms with Crippen molar-refractivity contribution >= 4 is 29.4 Å². The van der Waals surface area contributed by atoms with Crippen molar-refractivity contribution in [3.05, 3.63) is 64.7 Å². The number of carbonyl (C=O) groups excluding carboxylic acids is 4. The number of para-hydroxylation sites is 1. The molecule has 1 unspecified atom stereocenters. The number of hydrogen-bond acceptors (Lipinski definition) is 6. The van der Waals surface area contributed by atoms with E-state index in [9.17, 15) is 19.2 Å². The standard InChI is InChI=1S/C24H24N2O6/c1-15(21(27)25-12-10-16-6-3-4-7-20(16)25)32-24(30)17-8-9-18-19(14-17)23(29)26(22(18)28)11-5-13-31-2/h3-4,6-9,14-15H,5,10-13H2,1-2H3. The first-order valence-electron chi connectivity index (χ1n) is 10.5. The number of methoxy groups -OCH3 is 1. The van der Waals surface area contributed by atoms with E-state index in [0.717, 1.165) is 22.6 Å². The number of nitrogens with zero attached hydrogens (tertiary/aromatic N) is 2. The van der Waals surface area contributed by atoms with Gasteiger partial charge in [-0.3, -0.25) is 19.3 Å². The molecule has 1 atom stereocenters. The van der Waals surface area contributed by atoms with Gasteiger partial charge in [-0.2, -0.15) is 0 Å². The van der Waals surface area contributed by atoms with Crippen LogP contribution in [-0.4, -0.2) is 61.5 Å². The monoisotopic (exact) mass is 436 g/mol. The van der Waals surface area contributed by atoms with Crippen LogP contribution in [0.25, 0.3) is 0 Å². The van der Waals surface area contributed by atoms with Crippen LogP contribution >= 0.6 is 0 Å². The summed E-state index contributed by atoms with van der Waals surface area (Å²) in [6, 6.07) is 11.9. The summed E-state index contributed by atoms with van der Waals surface area (Å²) in [5.74, 6) is -1.87. The predicted molar refractivity (Wildman–Crippen MR) is 116 cm³/mol. The first-order valence-corrected chi connectivity index (χ1v) is 10.5. The molecule has 0 bridgehead atoms. The summed E-state index contributed by atoms with van der Waals surface area (Å²) in [6.07, 6.45) is 0.283. The predicted octanol–water partition coefficient (Wildman–Crippen LogP) is 2.45. The van der Waals surface area contributed by atoms with E-state index in [0.29, 0.717) is 19.6 Å². The highest BCUT2D eigenvalue weighted by molar-refractivity contribution is 6.22. The maximum atomic E-state index is 12.9. The molecule has 3 amide bonds. The minimum Gasteiger partial charge on any atom is -0.449 e. The molecule has 32 heavy (non-hydrogen) atoms. The van der Waals surface area contributed by atoms with Gasteiger partial charge in [0.1, 0.15) is 0 Å². The molecule has 8 nitrogen and oxygen atoms in total. The summed E-state index contributed by atoms with van der Waals surface area (Å²) < 4.78 is 10.4. The van der Waals surface area contributed by atoms with Gasteiger partial charge in [0.15, 0.2) is 6.10 Å². The average molecular weight is 436 g/mol. The Bertz CT molecular complexity index is 1100. The van der Waals surface area contributed by atoms with E-state index in [-0.39, 0.29) is 29.1 Å². The summed E-state index contributed by atoms with van der Waals surface area (Å²) in [5.41, 5.74) is 2.44. The Balaban J connectivity index is 1.44. The Hall–Kier alpha value is -3.52. The largest absolute Gasteiger partial charge is 0.449 e. The first kappa shape index (κ1) is 21.7. The minimum absolute atomic E-state index is 0.116. The van der Waals surface area contributed by atoms with Crippen LogP contribution < -0.4 is 4.90 Å². The molecule has 2 aliphatic rings. The highest BCUT2D eigenvalue weighted by atomic mass is 16.5. The van der Waals surface area contributed by atoms with Gasteiger partial charge < -0.3 is 14.4 Å². The Morgan fingerprint density at radius 3 is 2.59 bits per heavy atom. The van der Waals surface area contributed by atoms with Crippen LogP contribution in [0.3, 0.4) is 0 Å². The topological polar surface area (TPSA) is 93.2 Å². The van der Waals surface area contributed by atoms with E-state index >= 15 is 0 Å². The molecule has 0 N–H and O–H groups in total. The summed E-state index contributed by atoms with van der Waals surface area (Å²) in [4.78, 5) is 53.5. The molecular weight excluding hydrogens is 412 g/mol. The maximum absolute atomic E-state index is 12.9. The van der Waals surface area contributed by atoms with Crippen molar-refractivity contribution in [2.45, 2.75) is 25.9 Å². The van der Waals surface area contributed by atoms with Gasteiger partial charge in [-0.15, -0.1) is 0 Å². The van der Waals surface area contributed by atoms with Crippen LogP contribution in [0, 0.1) is 0 Å². The van der Waals surface area contributed by atoms with E-state index in [1.165, 1.54) is 25.1 Å². The van der Waals surface area contributed by atoms with Gasteiger partial charge in [-0.05, 0) is 49.6 Å². The second-order valence-corrected chi connectivity index (χ2v) is 7.78. The number of anilines is 1. The molecule has 2 heterocycles. The number of fused-ring (bicyclic) bond motifs is 2. The number of hydrogen-bond donors (Lipinski definition) is 0. The van der Waals surface area contributed by atoms with Gasteiger partial charge in [0, 0.05) is 32.5 Å². The Morgan fingerprint density at radius 2 is 1.81 bits per heavy atom. The fourth-order valence-corrected chi connectivity index (χ4v) is 4.05. The number of imide groups is 1. The molecule has 0 spiro atoms. The Labute approximate surface area is 185 Å². The third-order valence-electron chi connectivity index (χ3n) is 5.72. The van der Waals surface area contributed by atoms with Crippen LogP contribution in [0.2, 0.25) is 0 Å². The molecule has 0 radical (unpaired) electrons. The van der Waals surface area contributed by atoms with E-state index in [4.69, 9.17) is 9.47 Å². The molecule has 4 rings (SSSR count). The molecule has 0 aliphatic carbocycles. The highest BCUT2D eigenvalue weighted by Gasteiger charge is 2.36. The number of carbonyl (C=O) groups is 4. The van der Waals surface area contributed by atoms with E-state index in [1.807, 2.05) is 24.3 Å². The lowest BCUT2D eigenvalue weighted by Gasteiger charge is -2.21. The first-order chi connectivity index (χ1) is 15.4. The molecule has 166 valence electrons. The summed E-state index contributed by atoms with van der Waals surface area (Å²) in [7, 11) is 1.55. The summed E-state index contributed by atoms with van der Waals surface area (Å²) in [5, 5.41) is 0. The van der Waals surface area contributed by atoms with Crippen molar-refractivity contribution in [1.82, 2.24) is 4.90 Å². The number of rotatable bonds is 7. The van der Waals surface area contributed by atoms with Crippen molar-refractivity contribution in [2.75, 3.05) is 31.7 Å². The van der Waals surface area contributed by atoms with Crippen LogP contribution in [-0.2, 0) is 20.7 Å². The van der Waals surface area contributed by atoms with Crippen LogP contribution in [0.4, 0.5) is 5.69 Å². The normalized spacial score (nSPS) is 15.6. The van der Waals surface area contributed by atoms with Gasteiger partial charge in [-0.1, -0.05) is 18.2 Å². The zero-order valence-electron chi connectivity index (χ0n) is 18.0. The lowest BCUT2D eigenvalue weighted by atomic mass is 10.1. The molecule has 0 saturated carbocycles. The number of esters is 1. The SMILES string of the molecule is COCCCN1C(=O)c2ccc(C(=O)OC(C)C(=O)N3CCc4ccccc43)cc2C1=O. The maximum Gasteiger partial charge on any atom is 0.338 e. The smallest absolute Gasteiger partial charge is 0.338 e. The molecule has 2 aromatic rings. The van der Waals surface area contributed by atoms with E-state index in [2.05, 4.69) is 0 Å². The third kappa shape index (κ3) is 3.89. The van der Waals surface area contributed by atoms with E-state index in [1.54, 1.807) is 12.0 Å². The zero-order chi connectivity index (χ0) is 22.8. The quantitative estimate of drug-likeness (QED) is 0.376. The molecule has 0 aromatic heterocycles. The van der Waals surface area contributed by atoms with Crippen molar-refractivity contribution in [3.63, 3.8) is 0 Å². The highest BCUT2D eigenvalue weighted by Crippen LogP contribution is 2.29. The molecule has 2 aromatic carbocycles. The Morgan fingerprint density at radius 1 is 1.06 bits per heavy atom. The van der Waals surface area contributed by atoms with Crippen LogP contribution in [0.15, 0.2) is 42.5 Å². The lowest BCUT2D eigenvalue weighted by Crippen LogP contribution is -2.39. The summed E-state index contributed by atoms with van der Waals surface area (Å²) >= 11 is 0. The number of ether oxygens (including phenoxy) is 2. The minimum atomic E-state index is -0.996. The van der Waals surface area contributed by atoms with Crippen molar-refractivity contribution < 1.29 is 28.7 Å². The number of benzene rings is 2. The molecule has 2 aliphatic heterocycles. The Kier molecular flexibility index (Phi) is 6.05. The van der Waals surface area contributed by atoms with Gasteiger partial charge >= 0.3 is 5.97 Å². The lowest BCUT2D eigenvalue weighted by molar-refractivity contribution is -0.126. The van der Waals surface area contributed by atoms with Gasteiger partial charge in [-0.25, -0.2) is 4.79 Å². The number of amides is 3. The molecule has 8 heteroatoms. The van der Waals surface area contributed by atoms with Gasteiger partial charge in [0.05, 0.1) is 16.7 Å². The third-order valence-corrected chi connectivity index (χ3v) is 5.72. The fourth-order valence-electron chi connectivity index (χ4n) is 4.05. The van der Waals surface area contributed by atoms with Crippen molar-refractivity contribution in [3.8, 4) is 0 Å². The molecule has 0 fully saturated rings. The summed E-state index contributed by atoms with van der Waals surface area (Å²) in [6.45, 7) is 2.73. The van der Waals surface area contributed by atoms with Crippen molar-refractivity contribution in [1.29, 1.82) is 0 Å². The van der Waals surface area contributed by atoms with E-state index < -0.39 is 23.9 Å². The second-order valence-electron chi connectivity index (χ2n) is 7.78. The molecule has 0 saturated heterocycles. The zero-order valence-corrected chi connectivity index (χ0v) is 18.0. The van der Waals surface area contributed by atoms with Crippen LogP contribution in [0.5, 0.6) is 0 Å².